The predicted molar refractivity (Wildman–Crippen MR) is 136 cm³/mol. The van der Waals surface area contributed by atoms with E-state index in [1.54, 1.807) is 6.20 Å². The van der Waals surface area contributed by atoms with Crippen LogP contribution in [0.4, 0.5) is 20.2 Å². The number of alkyl halides is 2. The van der Waals surface area contributed by atoms with Crippen LogP contribution in [-0.4, -0.2) is 62.8 Å². The van der Waals surface area contributed by atoms with Gasteiger partial charge in [-0.3, -0.25) is 9.78 Å². The Morgan fingerprint density at radius 2 is 1.83 bits per heavy atom. The summed E-state index contributed by atoms with van der Waals surface area (Å²) in [5.74, 6) is -1.98. The van der Waals surface area contributed by atoms with E-state index >= 15 is 0 Å². The quantitative estimate of drug-likeness (QED) is 0.548. The van der Waals surface area contributed by atoms with Crippen LogP contribution in [0.2, 0.25) is 0 Å². The van der Waals surface area contributed by atoms with Gasteiger partial charge in [0.1, 0.15) is 16.1 Å². The number of nitrogens with zero attached hydrogens (tertiary/aromatic N) is 3. The molecule has 3 aromatic rings. The maximum Gasteiger partial charge on any atom is 0.264 e. The van der Waals surface area contributed by atoms with Crippen molar-refractivity contribution in [3.8, 4) is 5.75 Å². The second kappa shape index (κ2) is 9.48. The van der Waals surface area contributed by atoms with Crippen molar-refractivity contribution in [1.82, 2.24) is 10.3 Å². The first-order chi connectivity index (χ1) is 17.5. The third-order valence-corrected chi connectivity index (χ3v) is 8.35. The molecule has 1 amide bonds. The molecule has 1 aromatic carbocycles. The van der Waals surface area contributed by atoms with Gasteiger partial charge in [-0.25, -0.2) is 8.78 Å². The number of pyridine rings is 1. The van der Waals surface area contributed by atoms with Crippen LogP contribution in [0.1, 0.15) is 40.5 Å². The molecule has 1 atom stereocenters. The van der Waals surface area contributed by atoms with Gasteiger partial charge in [0.2, 0.25) is 0 Å². The van der Waals surface area contributed by atoms with E-state index in [1.165, 1.54) is 11.3 Å². The number of carbonyl (C=O) groups excluding carboxylic acids is 1. The van der Waals surface area contributed by atoms with Crippen LogP contribution in [0, 0.1) is 0 Å². The van der Waals surface area contributed by atoms with E-state index in [0.29, 0.717) is 44.2 Å². The number of thiophene rings is 1. The fourth-order valence-electron chi connectivity index (χ4n) is 5.24. The third kappa shape index (κ3) is 4.37. The van der Waals surface area contributed by atoms with Crippen molar-refractivity contribution in [2.45, 2.75) is 31.2 Å². The average molecular weight is 515 g/mol. The van der Waals surface area contributed by atoms with Crippen LogP contribution < -0.4 is 19.9 Å². The van der Waals surface area contributed by atoms with Gasteiger partial charge in [-0.05, 0) is 12.1 Å². The lowest BCUT2D eigenvalue weighted by atomic mass is 10.0. The van der Waals surface area contributed by atoms with E-state index in [2.05, 4.69) is 15.2 Å². The summed E-state index contributed by atoms with van der Waals surface area (Å²) in [5.41, 5.74) is 3.39. The van der Waals surface area contributed by atoms with Crippen molar-refractivity contribution in [2.75, 3.05) is 55.8 Å². The van der Waals surface area contributed by atoms with Gasteiger partial charge in [0.05, 0.1) is 41.9 Å². The van der Waals surface area contributed by atoms with Crippen molar-refractivity contribution in [1.29, 1.82) is 0 Å². The van der Waals surface area contributed by atoms with Gasteiger partial charge < -0.3 is 24.6 Å². The summed E-state index contributed by atoms with van der Waals surface area (Å²) in [5, 5.41) is 3.23. The Hall–Kier alpha value is -2.98. The normalized spacial score (nSPS) is 21.7. The van der Waals surface area contributed by atoms with Gasteiger partial charge in [-0.15, -0.1) is 11.3 Å². The molecule has 0 aliphatic carbocycles. The van der Waals surface area contributed by atoms with Gasteiger partial charge in [0.25, 0.3) is 11.8 Å². The summed E-state index contributed by atoms with van der Waals surface area (Å²) in [6.07, 6.45) is 2.06. The predicted octanol–water partition coefficient (Wildman–Crippen LogP) is 4.62. The molecule has 0 radical (unpaired) electrons. The second-order valence-corrected chi connectivity index (χ2v) is 10.5. The minimum Gasteiger partial charge on any atom is -0.493 e. The zero-order valence-electron chi connectivity index (χ0n) is 19.8. The molecule has 3 aliphatic rings. The second-order valence-electron chi connectivity index (χ2n) is 9.43. The highest BCUT2D eigenvalue weighted by atomic mass is 32.1. The first kappa shape index (κ1) is 23.4. The van der Waals surface area contributed by atoms with E-state index in [9.17, 15) is 13.6 Å². The van der Waals surface area contributed by atoms with E-state index in [1.807, 2.05) is 35.2 Å². The summed E-state index contributed by atoms with van der Waals surface area (Å²) in [7, 11) is 0. The fraction of sp³-hybridized carbons (Fsp3) is 0.462. The lowest BCUT2D eigenvalue weighted by molar-refractivity contribution is -0.0220. The van der Waals surface area contributed by atoms with Crippen molar-refractivity contribution < 1.29 is 23.0 Å². The average Bonchev–Trinajstić information content (AvgIpc) is 3.30. The summed E-state index contributed by atoms with van der Waals surface area (Å²) in [4.78, 5) is 23.2. The molecule has 2 saturated heterocycles. The molecule has 2 fully saturated rings. The topological polar surface area (TPSA) is 66.9 Å². The zero-order valence-corrected chi connectivity index (χ0v) is 20.7. The van der Waals surface area contributed by atoms with Crippen LogP contribution in [-0.2, 0) is 4.74 Å². The van der Waals surface area contributed by atoms with Crippen LogP contribution in [0.25, 0.3) is 10.2 Å². The summed E-state index contributed by atoms with van der Waals surface area (Å²) in [6, 6.07) is 9.51. The molecular weight excluding hydrogens is 486 g/mol. The Bertz CT molecular complexity index is 1270. The SMILES string of the molecule is O=C(N[C@H]1CCOc2ccccc21)c1sc2c(N3CCC(F)(F)CC3)ccnc2c1N1CCOCC1. The van der Waals surface area contributed by atoms with Crippen LogP contribution >= 0.6 is 11.3 Å². The number of rotatable bonds is 4. The molecule has 0 saturated carbocycles. The van der Waals surface area contributed by atoms with Gasteiger partial charge in [0.15, 0.2) is 0 Å². The monoisotopic (exact) mass is 514 g/mol. The molecule has 6 rings (SSSR count). The number of halogens is 2. The Kier molecular flexibility index (Phi) is 6.17. The Morgan fingerprint density at radius 1 is 1.06 bits per heavy atom. The lowest BCUT2D eigenvalue weighted by Gasteiger charge is -2.33. The molecular formula is C26H28F2N4O3S. The van der Waals surface area contributed by atoms with E-state index in [0.717, 1.165) is 32.9 Å². The first-order valence-electron chi connectivity index (χ1n) is 12.4. The van der Waals surface area contributed by atoms with Gasteiger partial charge in [-0.1, -0.05) is 18.2 Å². The number of para-hydroxylation sites is 1. The Morgan fingerprint density at radius 3 is 2.64 bits per heavy atom. The van der Waals surface area contributed by atoms with Gasteiger partial charge >= 0.3 is 0 Å². The first-order valence-corrected chi connectivity index (χ1v) is 13.2. The van der Waals surface area contributed by atoms with Crippen LogP contribution in [0.3, 0.4) is 0 Å². The van der Waals surface area contributed by atoms with Crippen molar-refractivity contribution >= 4 is 38.8 Å². The minimum absolute atomic E-state index is 0.151. The highest BCUT2D eigenvalue weighted by molar-refractivity contribution is 7.22. The zero-order chi connectivity index (χ0) is 24.7. The molecule has 3 aliphatic heterocycles. The van der Waals surface area contributed by atoms with E-state index in [4.69, 9.17) is 9.47 Å². The Balaban J connectivity index is 1.38. The van der Waals surface area contributed by atoms with Crippen LogP contribution in [0.5, 0.6) is 5.75 Å². The largest absolute Gasteiger partial charge is 0.493 e. The molecule has 0 bridgehead atoms. The minimum atomic E-state index is -2.62. The molecule has 190 valence electrons. The third-order valence-electron chi connectivity index (χ3n) is 7.16. The fourth-order valence-corrected chi connectivity index (χ4v) is 6.47. The van der Waals surface area contributed by atoms with E-state index in [-0.39, 0.29) is 37.9 Å². The van der Waals surface area contributed by atoms with Gasteiger partial charge in [0, 0.05) is 57.2 Å². The standard InChI is InChI=1S/C26H28F2N4O3S/c27-26(28)7-10-31(11-8-26)19-5-9-29-21-22(32-12-15-34-16-13-32)24(36-23(19)21)25(33)30-18-6-14-35-20-4-2-1-3-17(18)20/h1-5,9,18H,6-8,10-16H2,(H,30,33)/t18-/m0/s1. The summed E-state index contributed by atoms with van der Waals surface area (Å²) >= 11 is 1.40. The van der Waals surface area contributed by atoms with Gasteiger partial charge in [-0.2, -0.15) is 0 Å². The highest BCUT2D eigenvalue weighted by Crippen LogP contribution is 2.44. The number of anilines is 2. The number of hydrogen-bond acceptors (Lipinski definition) is 7. The highest BCUT2D eigenvalue weighted by Gasteiger charge is 2.36. The molecule has 2 aromatic heterocycles. The molecule has 0 unspecified atom stereocenters. The van der Waals surface area contributed by atoms with Crippen molar-refractivity contribution in [3.05, 3.63) is 47.0 Å². The van der Waals surface area contributed by atoms with Crippen LogP contribution in [0.15, 0.2) is 36.5 Å². The van der Waals surface area contributed by atoms with E-state index < -0.39 is 5.92 Å². The number of piperidine rings is 1. The molecule has 0 spiro atoms. The summed E-state index contributed by atoms with van der Waals surface area (Å²) in [6.45, 7) is 3.56. The maximum absolute atomic E-state index is 13.8. The number of ether oxygens (including phenoxy) is 2. The number of hydrogen-bond donors (Lipinski definition) is 1. The molecule has 10 heteroatoms. The molecule has 7 nitrogen and oxygen atoms in total. The van der Waals surface area contributed by atoms with Crippen molar-refractivity contribution in [2.24, 2.45) is 0 Å². The number of carbonyl (C=O) groups is 1. The number of nitrogens with one attached hydrogen (secondary N) is 1. The maximum atomic E-state index is 13.8. The molecule has 1 N–H and O–H groups in total. The smallest absolute Gasteiger partial charge is 0.264 e. The van der Waals surface area contributed by atoms with Crippen molar-refractivity contribution in [3.63, 3.8) is 0 Å². The summed E-state index contributed by atoms with van der Waals surface area (Å²) < 4.78 is 39.9. The number of aromatic nitrogens is 1. The molecule has 36 heavy (non-hydrogen) atoms. The molecule has 5 heterocycles. The number of benzene rings is 1. The number of amides is 1. The lowest BCUT2D eigenvalue weighted by Crippen LogP contribution is -2.39. The number of fused-ring (bicyclic) bond motifs is 2. The Labute approximate surface area is 212 Å². The number of morpholine rings is 1.